The summed E-state index contributed by atoms with van der Waals surface area (Å²) >= 11 is 4.47. The largest absolute Gasteiger partial charge is 0.455 e. The van der Waals surface area contributed by atoms with Gasteiger partial charge in [-0.1, -0.05) is 33.8 Å². The lowest BCUT2D eigenvalue weighted by Crippen LogP contribution is -2.55. The molecule has 18 heavy (non-hydrogen) atoms. The highest BCUT2D eigenvalue weighted by Gasteiger charge is 2.51. The molecule has 1 aliphatic rings. The van der Waals surface area contributed by atoms with Crippen LogP contribution in [0.5, 0.6) is 0 Å². The smallest absolute Gasteiger partial charge is 0.333 e. The van der Waals surface area contributed by atoms with Gasteiger partial charge in [-0.05, 0) is 31.9 Å². The highest BCUT2D eigenvalue weighted by atomic mass is 32.1. The highest BCUT2D eigenvalue weighted by Crippen LogP contribution is 2.49. The Morgan fingerprint density at radius 2 is 2.06 bits per heavy atom. The first-order chi connectivity index (χ1) is 8.24. The minimum atomic E-state index is -0.400. The number of esters is 1. The van der Waals surface area contributed by atoms with Crippen LogP contribution in [0, 0.1) is 11.3 Å². The van der Waals surface area contributed by atoms with E-state index in [0.717, 1.165) is 25.0 Å². The monoisotopic (exact) mass is 270 g/mol. The fourth-order valence-electron chi connectivity index (χ4n) is 2.98. The van der Waals surface area contributed by atoms with Crippen molar-refractivity contribution in [2.45, 2.75) is 59.0 Å². The molecule has 1 saturated carbocycles. The van der Waals surface area contributed by atoms with Crippen molar-refractivity contribution in [3.63, 3.8) is 0 Å². The molecule has 1 rings (SSSR count). The van der Waals surface area contributed by atoms with Gasteiger partial charge in [-0.2, -0.15) is 12.6 Å². The Kier molecular flexibility index (Phi) is 4.93. The van der Waals surface area contributed by atoms with Gasteiger partial charge < -0.3 is 4.74 Å². The molecule has 2 atom stereocenters. The molecule has 0 amide bonds. The fourth-order valence-corrected chi connectivity index (χ4v) is 3.46. The number of ether oxygens (including phenoxy) is 1. The van der Waals surface area contributed by atoms with Crippen LogP contribution in [0.2, 0.25) is 0 Å². The predicted molar refractivity (Wildman–Crippen MR) is 78.9 cm³/mol. The molecule has 1 fully saturated rings. The lowest BCUT2D eigenvalue weighted by molar-refractivity contribution is -0.186. The molecule has 3 heteroatoms. The number of hydrogen-bond donors (Lipinski definition) is 1. The number of carbonyl (C=O) groups excluding carboxylic acids is 1. The second-order valence-corrected chi connectivity index (χ2v) is 6.80. The van der Waals surface area contributed by atoms with Gasteiger partial charge in [0.05, 0.1) is 0 Å². The number of thiol groups is 1. The SMILES string of the molecule is C=C(C)C(=O)OC1(C(C)(C)C)CCCCC1CS. The molecule has 2 unspecified atom stereocenters. The van der Waals surface area contributed by atoms with E-state index in [0.29, 0.717) is 11.5 Å². The van der Waals surface area contributed by atoms with E-state index >= 15 is 0 Å². The molecule has 1 aliphatic carbocycles. The Labute approximate surface area is 117 Å². The molecule has 0 radical (unpaired) electrons. The Hall–Kier alpha value is -0.440. The van der Waals surface area contributed by atoms with Gasteiger partial charge in [0, 0.05) is 16.9 Å². The molecule has 0 N–H and O–H groups in total. The van der Waals surface area contributed by atoms with Crippen LogP contribution in [0.1, 0.15) is 53.4 Å². The van der Waals surface area contributed by atoms with E-state index in [-0.39, 0.29) is 11.4 Å². The van der Waals surface area contributed by atoms with E-state index in [2.05, 4.69) is 40.0 Å². The summed E-state index contributed by atoms with van der Waals surface area (Å²) in [5.74, 6) is 0.831. The first-order valence-corrected chi connectivity index (χ1v) is 7.37. The standard InChI is InChI=1S/C15H26O2S/c1-11(2)13(16)17-15(14(3,4)5)9-7-6-8-12(15)10-18/h12,18H,1,6-10H2,2-5H3. The van der Waals surface area contributed by atoms with Crippen molar-refractivity contribution in [1.82, 2.24) is 0 Å². The summed E-state index contributed by atoms with van der Waals surface area (Å²) in [6, 6.07) is 0. The van der Waals surface area contributed by atoms with Crippen molar-refractivity contribution < 1.29 is 9.53 Å². The normalized spacial score (nSPS) is 28.8. The van der Waals surface area contributed by atoms with Crippen LogP contribution in [-0.4, -0.2) is 17.3 Å². The Bertz CT molecular complexity index is 330. The summed E-state index contributed by atoms with van der Waals surface area (Å²) in [4.78, 5) is 12.0. The van der Waals surface area contributed by atoms with Crippen molar-refractivity contribution in [2.24, 2.45) is 11.3 Å². The molecule has 104 valence electrons. The lowest BCUT2D eigenvalue weighted by Gasteiger charge is -2.51. The van der Waals surface area contributed by atoms with Crippen LogP contribution in [0.25, 0.3) is 0 Å². The Morgan fingerprint density at radius 3 is 2.50 bits per heavy atom. The van der Waals surface area contributed by atoms with Gasteiger partial charge >= 0.3 is 5.97 Å². The van der Waals surface area contributed by atoms with E-state index in [1.54, 1.807) is 6.92 Å². The minimum absolute atomic E-state index is 0.0775. The lowest BCUT2D eigenvalue weighted by atomic mass is 9.63. The molecule has 0 saturated heterocycles. The third kappa shape index (κ3) is 2.93. The fraction of sp³-hybridized carbons (Fsp3) is 0.800. The van der Waals surface area contributed by atoms with Crippen molar-refractivity contribution >= 4 is 18.6 Å². The second kappa shape index (κ2) is 5.68. The predicted octanol–water partition coefficient (Wildman–Crippen LogP) is 4.01. The third-order valence-electron chi connectivity index (χ3n) is 4.12. The van der Waals surface area contributed by atoms with Gasteiger partial charge in [0.15, 0.2) is 0 Å². The van der Waals surface area contributed by atoms with E-state index in [1.165, 1.54) is 6.42 Å². The van der Waals surface area contributed by atoms with Gasteiger partial charge in [-0.15, -0.1) is 0 Å². The molecular formula is C15H26O2S. The van der Waals surface area contributed by atoms with Gasteiger partial charge in [0.25, 0.3) is 0 Å². The van der Waals surface area contributed by atoms with Crippen LogP contribution in [0.3, 0.4) is 0 Å². The zero-order valence-electron chi connectivity index (χ0n) is 12.1. The summed E-state index contributed by atoms with van der Waals surface area (Å²) in [5.41, 5.74) is -0.00304. The van der Waals surface area contributed by atoms with Crippen LogP contribution in [-0.2, 0) is 9.53 Å². The maximum atomic E-state index is 12.0. The summed E-state index contributed by atoms with van der Waals surface area (Å²) in [7, 11) is 0. The number of carbonyl (C=O) groups is 1. The van der Waals surface area contributed by atoms with E-state index in [1.807, 2.05) is 0 Å². The average molecular weight is 270 g/mol. The third-order valence-corrected chi connectivity index (χ3v) is 4.56. The summed E-state index contributed by atoms with van der Waals surface area (Å²) in [5, 5.41) is 0. The minimum Gasteiger partial charge on any atom is -0.455 e. The second-order valence-electron chi connectivity index (χ2n) is 6.43. The first kappa shape index (κ1) is 15.6. The van der Waals surface area contributed by atoms with Crippen molar-refractivity contribution in [3.05, 3.63) is 12.2 Å². The summed E-state index contributed by atoms with van der Waals surface area (Å²) in [6.07, 6.45) is 4.34. The van der Waals surface area contributed by atoms with Crippen LogP contribution in [0.15, 0.2) is 12.2 Å². The topological polar surface area (TPSA) is 26.3 Å². The van der Waals surface area contributed by atoms with E-state index < -0.39 is 5.60 Å². The molecule has 0 heterocycles. The highest BCUT2D eigenvalue weighted by molar-refractivity contribution is 7.80. The average Bonchev–Trinajstić information content (AvgIpc) is 2.27. The summed E-state index contributed by atoms with van der Waals surface area (Å²) < 4.78 is 5.92. The molecule has 0 bridgehead atoms. The summed E-state index contributed by atoms with van der Waals surface area (Å²) in [6.45, 7) is 11.9. The van der Waals surface area contributed by atoms with Gasteiger partial charge in [-0.25, -0.2) is 4.79 Å². The zero-order chi connectivity index (χ0) is 14.0. The van der Waals surface area contributed by atoms with Crippen molar-refractivity contribution in [2.75, 3.05) is 5.75 Å². The molecule has 0 aromatic carbocycles. The molecular weight excluding hydrogens is 244 g/mol. The zero-order valence-corrected chi connectivity index (χ0v) is 13.0. The number of rotatable bonds is 3. The van der Waals surface area contributed by atoms with Crippen LogP contribution < -0.4 is 0 Å². The quantitative estimate of drug-likeness (QED) is 0.476. The van der Waals surface area contributed by atoms with Crippen molar-refractivity contribution in [1.29, 1.82) is 0 Å². The van der Waals surface area contributed by atoms with Crippen LogP contribution >= 0.6 is 12.6 Å². The molecule has 0 aromatic heterocycles. The number of hydrogen-bond acceptors (Lipinski definition) is 3. The maximum Gasteiger partial charge on any atom is 0.333 e. The van der Waals surface area contributed by atoms with Gasteiger partial charge in [-0.3, -0.25) is 0 Å². The van der Waals surface area contributed by atoms with Crippen LogP contribution in [0.4, 0.5) is 0 Å². The first-order valence-electron chi connectivity index (χ1n) is 6.74. The molecule has 0 aromatic rings. The molecule has 0 aliphatic heterocycles. The maximum absolute atomic E-state index is 12.0. The van der Waals surface area contributed by atoms with Gasteiger partial charge in [0.2, 0.25) is 0 Å². The van der Waals surface area contributed by atoms with Gasteiger partial charge in [0.1, 0.15) is 5.60 Å². The van der Waals surface area contributed by atoms with E-state index in [9.17, 15) is 4.79 Å². The Morgan fingerprint density at radius 1 is 1.44 bits per heavy atom. The molecule has 0 spiro atoms. The van der Waals surface area contributed by atoms with Crippen molar-refractivity contribution in [3.8, 4) is 0 Å². The molecule has 2 nitrogen and oxygen atoms in total. The van der Waals surface area contributed by atoms with E-state index in [4.69, 9.17) is 4.74 Å². The Balaban J connectivity index is 3.08.